The molecule has 7 heteroatoms. The molecule has 7 nitrogen and oxygen atoms in total. The number of hydrogen-bond acceptors (Lipinski definition) is 6. The van der Waals surface area contributed by atoms with Crippen LogP contribution >= 0.6 is 0 Å². The van der Waals surface area contributed by atoms with Crippen molar-refractivity contribution in [2.24, 2.45) is 0 Å². The third kappa shape index (κ3) is 3.66. The largest absolute Gasteiger partial charge is 0.497 e. The summed E-state index contributed by atoms with van der Waals surface area (Å²) in [5.74, 6) is 1.71. The summed E-state index contributed by atoms with van der Waals surface area (Å²) >= 11 is 0. The van der Waals surface area contributed by atoms with E-state index in [4.69, 9.17) is 14.0 Å². The minimum absolute atomic E-state index is 0.256. The van der Waals surface area contributed by atoms with Crippen molar-refractivity contribution in [2.45, 2.75) is 13.0 Å². The summed E-state index contributed by atoms with van der Waals surface area (Å²) in [4.78, 5) is 16.8. The topological polar surface area (TPSA) is 86.5 Å². The quantitative estimate of drug-likeness (QED) is 0.732. The molecule has 0 aliphatic carbocycles. The molecule has 1 heterocycles. The molecule has 1 amide bonds. The number of carbonyl (C=O) groups excluding carboxylic acids is 1. The molecule has 0 saturated heterocycles. The highest BCUT2D eigenvalue weighted by atomic mass is 16.5. The first-order valence-electron chi connectivity index (χ1n) is 8.04. The lowest BCUT2D eigenvalue weighted by molar-refractivity contribution is 0.0932. The number of nitrogens with zero attached hydrogens (tertiary/aromatic N) is 2. The van der Waals surface area contributed by atoms with E-state index in [-0.39, 0.29) is 5.91 Å². The van der Waals surface area contributed by atoms with Crippen molar-refractivity contribution in [3.8, 4) is 22.9 Å². The van der Waals surface area contributed by atoms with E-state index in [2.05, 4.69) is 15.5 Å². The second-order valence-electron chi connectivity index (χ2n) is 5.58. The summed E-state index contributed by atoms with van der Waals surface area (Å²) in [6.07, 6.45) is 0. The van der Waals surface area contributed by atoms with Crippen LogP contribution in [0.25, 0.3) is 11.4 Å². The van der Waals surface area contributed by atoms with Crippen LogP contribution in [0.2, 0.25) is 0 Å². The Morgan fingerprint density at radius 1 is 1.12 bits per heavy atom. The van der Waals surface area contributed by atoms with E-state index in [9.17, 15) is 4.79 Å². The molecule has 0 spiro atoms. The predicted molar refractivity (Wildman–Crippen MR) is 95.2 cm³/mol. The van der Waals surface area contributed by atoms with Crippen LogP contribution in [0.1, 0.15) is 29.2 Å². The smallest absolute Gasteiger partial charge is 0.252 e. The van der Waals surface area contributed by atoms with Crippen molar-refractivity contribution >= 4 is 5.91 Å². The highest BCUT2D eigenvalue weighted by molar-refractivity contribution is 5.94. The van der Waals surface area contributed by atoms with Crippen LogP contribution in [0, 0.1) is 0 Å². The van der Waals surface area contributed by atoms with Gasteiger partial charge < -0.3 is 19.3 Å². The number of carbonyl (C=O) groups is 1. The van der Waals surface area contributed by atoms with E-state index < -0.39 is 6.04 Å². The van der Waals surface area contributed by atoms with Crippen LogP contribution < -0.4 is 14.8 Å². The van der Waals surface area contributed by atoms with Crippen LogP contribution in [0.15, 0.2) is 53.1 Å². The third-order valence-corrected chi connectivity index (χ3v) is 3.84. The lowest BCUT2D eigenvalue weighted by Gasteiger charge is -2.10. The molecular weight excluding hydrogens is 334 g/mol. The maximum absolute atomic E-state index is 12.4. The lowest BCUT2D eigenvalue weighted by Crippen LogP contribution is -2.26. The van der Waals surface area contributed by atoms with Crippen molar-refractivity contribution in [1.82, 2.24) is 15.5 Å². The van der Waals surface area contributed by atoms with Crippen molar-refractivity contribution in [3.63, 3.8) is 0 Å². The summed E-state index contributed by atoms with van der Waals surface area (Å²) in [5, 5.41) is 6.82. The van der Waals surface area contributed by atoms with Crippen LogP contribution in [-0.2, 0) is 0 Å². The molecule has 0 unspecified atom stereocenters. The normalized spacial score (nSPS) is 11.7. The molecular formula is C19H19N3O4. The predicted octanol–water partition coefficient (Wildman–Crippen LogP) is 3.24. The molecule has 3 aromatic rings. The monoisotopic (exact) mass is 353 g/mol. The van der Waals surface area contributed by atoms with E-state index in [0.29, 0.717) is 28.8 Å². The van der Waals surface area contributed by atoms with E-state index in [1.54, 1.807) is 45.4 Å². The summed E-state index contributed by atoms with van der Waals surface area (Å²) in [5.41, 5.74) is 1.21. The van der Waals surface area contributed by atoms with E-state index in [1.165, 1.54) is 0 Å². The number of aromatic nitrogens is 2. The fourth-order valence-corrected chi connectivity index (χ4v) is 2.46. The van der Waals surface area contributed by atoms with Crippen LogP contribution in [-0.4, -0.2) is 30.3 Å². The van der Waals surface area contributed by atoms with Gasteiger partial charge in [-0.2, -0.15) is 4.98 Å². The first-order chi connectivity index (χ1) is 12.6. The van der Waals surface area contributed by atoms with Gasteiger partial charge in [-0.25, -0.2) is 0 Å². The maximum Gasteiger partial charge on any atom is 0.252 e. The number of methoxy groups -OCH3 is 2. The summed E-state index contributed by atoms with van der Waals surface area (Å²) < 4.78 is 15.8. The first-order valence-corrected chi connectivity index (χ1v) is 8.04. The van der Waals surface area contributed by atoms with Gasteiger partial charge in [-0.3, -0.25) is 4.79 Å². The van der Waals surface area contributed by atoms with Crippen LogP contribution in [0.4, 0.5) is 0 Å². The number of para-hydroxylation sites is 1. The Kier molecular flexibility index (Phi) is 5.17. The van der Waals surface area contributed by atoms with E-state index in [1.807, 2.05) is 24.3 Å². The first kappa shape index (κ1) is 17.5. The minimum Gasteiger partial charge on any atom is -0.497 e. The van der Waals surface area contributed by atoms with Gasteiger partial charge in [0.2, 0.25) is 11.7 Å². The second-order valence-corrected chi connectivity index (χ2v) is 5.58. The van der Waals surface area contributed by atoms with Gasteiger partial charge in [0, 0.05) is 5.56 Å². The fourth-order valence-electron chi connectivity index (χ4n) is 2.46. The number of hydrogen-bond donors (Lipinski definition) is 1. The van der Waals surface area contributed by atoms with Gasteiger partial charge >= 0.3 is 0 Å². The molecule has 0 radical (unpaired) electrons. The Morgan fingerprint density at radius 3 is 2.69 bits per heavy atom. The zero-order valence-electron chi connectivity index (χ0n) is 14.7. The fraction of sp³-hybridized carbons (Fsp3) is 0.211. The molecule has 3 rings (SSSR count). The van der Waals surface area contributed by atoms with E-state index in [0.717, 1.165) is 5.56 Å². The van der Waals surface area contributed by atoms with Gasteiger partial charge in [0.1, 0.15) is 17.5 Å². The average Bonchev–Trinajstić information content (AvgIpc) is 3.18. The van der Waals surface area contributed by atoms with Crippen molar-refractivity contribution in [1.29, 1.82) is 0 Å². The van der Waals surface area contributed by atoms with E-state index >= 15 is 0 Å². The molecule has 2 aromatic carbocycles. The Morgan fingerprint density at radius 2 is 1.92 bits per heavy atom. The number of ether oxygens (including phenoxy) is 2. The molecule has 1 aromatic heterocycles. The van der Waals surface area contributed by atoms with Gasteiger partial charge in [-0.1, -0.05) is 23.4 Å². The average molecular weight is 353 g/mol. The number of nitrogens with one attached hydrogen (secondary N) is 1. The molecule has 134 valence electrons. The van der Waals surface area contributed by atoms with Gasteiger partial charge in [0.15, 0.2) is 0 Å². The van der Waals surface area contributed by atoms with Crippen LogP contribution in [0.5, 0.6) is 11.5 Å². The SMILES string of the molecule is COc1cccc(C(=O)N[C@@H](C)c2nc(-c3ccccc3OC)no2)c1. The van der Waals surface area contributed by atoms with Crippen molar-refractivity contribution in [3.05, 3.63) is 60.0 Å². The molecule has 26 heavy (non-hydrogen) atoms. The van der Waals surface area contributed by atoms with Gasteiger partial charge in [-0.15, -0.1) is 0 Å². The minimum atomic E-state index is -0.454. The molecule has 0 aliphatic rings. The maximum atomic E-state index is 12.4. The highest BCUT2D eigenvalue weighted by Crippen LogP contribution is 2.28. The molecule has 0 fully saturated rings. The summed E-state index contributed by atoms with van der Waals surface area (Å²) in [7, 11) is 3.13. The Hall–Kier alpha value is -3.35. The summed E-state index contributed by atoms with van der Waals surface area (Å²) in [6, 6.07) is 13.8. The zero-order chi connectivity index (χ0) is 18.5. The second kappa shape index (κ2) is 7.69. The van der Waals surface area contributed by atoms with Crippen molar-refractivity contribution < 1.29 is 18.8 Å². The third-order valence-electron chi connectivity index (χ3n) is 3.84. The standard InChI is InChI=1S/C19H19N3O4/c1-12(20-18(23)13-7-6-8-14(11-13)24-2)19-21-17(22-26-19)15-9-4-5-10-16(15)25-3/h4-12H,1-3H3,(H,20,23)/t12-/m0/s1. The Labute approximate surface area is 150 Å². The molecule has 0 aliphatic heterocycles. The Balaban J connectivity index is 1.75. The highest BCUT2D eigenvalue weighted by Gasteiger charge is 2.19. The molecule has 1 atom stereocenters. The molecule has 1 N–H and O–H groups in total. The molecule has 0 saturated carbocycles. The summed E-state index contributed by atoms with van der Waals surface area (Å²) in [6.45, 7) is 1.78. The van der Waals surface area contributed by atoms with Gasteiger partial charge in [0.25, 0.3) is 5.91 Å². The van der Waals surface area contributed by atoms with Gasteiger partial charge in [0.05, 0.1) is 19.8 Å². The zero-order valence-corrected chi connectivity index (χ0v) is 14.7. The Bertz CT molecular complexity index is 907. The van der Waals surface area contributed by atoms with Crippen molar-refractivity contribution in [2.75, 3.05) is 14.2 Å². The molecule has 0 bridgehead atoms. The number of amides is 1. The lowest BCUT2D eigenvalue weighted by atomic mass is 10.2. The number of rotatable bonds is 6. The van der Waals surface area contributed by atoms with Crippen LogP contribution in [0.3, 0.4) is 0 Å². The van der Waals surface area contributed by atoms with Gasteiger partial charge in [-0.05, 0) is 37.3 Å². The number of benzene rings is 2.